The summed E-state index contributed by atoms with van der Waals surface area (Å²) in [6, 6.07) is 5.18. The van der Waals surface area contributed by atoms with Crippen molar-refractivity contribution in [2.75, 3.05) is 44.8 Å². The molecule has 0 saturated heterocycles. The zero-order chi connectivity index (χ0) is 16.0. The van der Waals surface area contributed by atoms with Crippen LogP contribution >= 0.6 is 15.9 Å². The van der Waals surface area contributed by atoms with E-state index in [0.717, 1.165) is 4.47 Å². The third-order valence-corrected chi connectivity index (χ3v) is 3.60. The largest absolute Gasteiger partial charge is 0.399 e. The highest BCUT2D eigenvalue weighted by Gasteiger charge is 2.15. The lowest BCUT2D eigenvalue weighted by Gasteiger charge is -2.21. The maximum atomic E-state index is 12.0. The molecule has 0 fully saturated rings. The number of amides is 2. The van der Waals surface area contributed by atoms with E-state index in [1.807, 2.05) is 6.92 Å². The number of nitrogen functional groups attached to an aromatic ring is 1. The highest BCUT2D eigenvalue weighted by Crippen LogP contribution is 2.24. The Bertz CT molecular complexity index is 520. The van der Waals surface area contributed by atoms with Crippen molar-refractivity contribution in [1.29, 1.82) is 0 Å². The number of carbonyl (C=O) groups is 2. The smallest absolute Gasteiger partial charge is 0.238 e. The Balaban J connectivity index is 2.60. The van der Waals surface area contributed by atoms with Crippen LogP contribution in [0, 0.1) is 0 Å². The zero-order valence-electron chi connectivity index (χ0n) is 12.5. The summed E-state index contributed by atoms with van der Waals surface area (Å²) in [5.41, 5.74) is 6.92. The summed E-state index contributed by atoms with van der Waals surface area (Å²) in [7, 11) is 3.39. The normalized spacial score (nSPS) is 10.5. The monoisotopic (exact) mass is 356 g/mol. The maximum absolute atomic E-state index is 12.0. The third-order valence-electron chi connectivity index (χ3n) is 2.94. The first-order valence-corrected chi connectivity index (χ1v) is 7.40. The Morgan fingerprint density at radius 3 is 2.48 bits per heavy atom. The van der Waals surface area contributed by atoms with Gasteiger partial charge < -0.3 is 16.0 Å². The summed E-state index contributed by atoms with van der Waals surface area (Å²) in [5.74, 6) is -0.202. The van der Waals surface area contributed by atoms with Crippen LogP contribution in [-0.4, -0.2) is 55.3 Å². The van der Waals surface area contributed by atoms with Gasteiger partial charge in [0.05, 0.1) is 18.8 Å². The van der Waals surface area contributed by atoms with Gasteiger partial charge in [0.1, 0.15) is 0 Å². The van der Waals surface area contributed by atoms with E-state index in [2.05, 4.69) is 21.2 Å². The number of likely N-dealkylation sites (N-methyl/N-ethyl adjacent to an activating group) is 2. The quantitative estimate of drug-likeness (QED) is 0.754. The van der Waals surface area contributed by atoms with E-state index < -0.39 is 0 Å². The predicted octanol–water partition coefficient (Wildman–Crippen LogP) is 1.38. The molecule has 0 bridgehead atoms. The van der Waals surface area contributed by atoms with Crippen LogP contribution in [-0.2, 0) is 9.59 Å². The lowest BCUT2D eigenvalue weighted by molar-refractivity contribution is -0.130. The molecule has 0 atom stereocenters. The first kappa shape index (κ1) is 17.5. The molecule has 0 aliphatic rings. The van der Waals surface area contributed by atoms with Crippen molar-refractivity contribution in [2.45, 2.75) is 6.92 Å². The van der Waals surface area contributed by atoms with Crippen LogP contribution in [0.1, 0.15) is 6.92 Å². The molecular formula is C14H21BrN4O2. The number of rotatable bonds is 6. The van der Waals surface area contributed by atoms with Crippen LogP contribution in [0.15, 0.2) is 22.7 Å². The van der Waals surface area contributed by atoms with Crippen LogP contribution in [0.4, 0.5) is 11.4 Å². The molecule has 1 aromatic rings. The van der Waals surface area contributed by atoms with E-state index in [1.54, 1.807) is 37.2 Å². The van der Waals surface area contributed by atoms with Crippen LogP contribution in [0.2, 0.25) is 0 Å². The molecule has 1 rings (SSSR count). The van der Waals surface area contributed by atoms with Crippen molar-refractivity contribution in [3.63, 3.8) is 0 Å². The molecule has 7 heteroatoms. The number of nitrogens with zero attached hydrogens (tertiary/aromatic N) is 2. The molecule has 1 aromatic carbocycles. The molecule has 0 aliphatic carbocycles. The number of benzene rings is 1. The Kier molecular flexibility index (Phi) is 6.64. The van der Waals surface area contributed by atoms with E-state index in [1.165, 1.54) is 4.90 Å². The fourth-order valence-electron chi connectivity index (χ4n) is 1.64. The van der Waals surface area contributed by atoms with Crippen molar-refractivity contribution in [2.24, 2.45) is 0 Å². The Hall–Kier alpha value is -1.60. The van der Waals surface area contributed by atoms with Gasteiger partial charge in [-0.3, -0.25) is 14.5 Å². The average molecular weight is 357 g/mol. The second-order valence-electron chi connectivity index (χ2n) is 4.88. The third kappa shape index (κ3) is 5.73. The molecule has 0 radical (unpaired) electrons. The van der Waals surface area contributed by atoms with Gasteiger partial charge in [0, 0.05) is 24.3 Å². The first-order chi connectivity index (χ1) is 9.83. The molecule has 21 heavy (non-hydrogen) atoms. The van der Waals surface area contributed by atoms with Gasteiger partial charge >= 0.3 is 0 Å². The van der Waals surface area contributed by atoms with Gasteiger partial charge in [-0.1, -0.05) is 6.92 Å². The van der Waals surface area contributed by atoms with E-state index >= 15 is 0 Å². The summed E-state index contributed by atoms with van der Waals surface area (Å²) in [4.78, 5) is 27.0. The second kappa shape index (κ2) is 7.99. The maximum Gasteiger partial charge on any atom is 0.238 e. The molecule has 0 saturated carbocycles. The minimum atomic E-state index is -0.172. The van der Waals surface area contributed by atoms with E-state index in [9.17, 15) is 9.59 Å². The van der Waals surface area contributed by atoms with E-state index in [0.29, 0.717) is 17.9 Å². The van der Waals surface area contributed by atoms with Crippen LogP contribution in [0.3, 0.4) is 0 Å². The number of nitrogens with two attached hydrogens (primary N) is 1. The number of hydrogen-bond donors (Lipinski definition) is 2. The number of carbonyl (C=O) groups excluding carboxylic acids is 2. The fraction of sp³-hybridized carbons (Fsp3) is 0.429. The fourth-order valence-corrected chi connectivity index (χ4v) is 2.13. The molecule has 116 valence electrons. The summed E-state index contributed by atoms with van der Waals surface area (Å²) >= 11 is 3.35. The molecular weight excluding hydrogens is 336 g/mol. The van der Waals surface area contributed by atoms with Gasteiger partial charge in [-0.25, -0.2) is 0 Å². The van der Waals surface area contributed by atoms with E-state index in [4.69, 9.17) is 5.73 Å². The SMILES string of the molecule is CCN(CC(=O)Nc1ccc(N)cc1Br)CC(=O)N(C)C. The topological polar surface area (TPSA) is 78.7 Å². The van der Waals surface area contributed by atoms with Crippen LogP contribution in [0.5, 0.6) is 0 Å². The Morgan fingerprint density at radius 2 is 1.95 bits per heavy atom. The summed E-state index contributed by atoms with van der Waals surface area (Å²) < 4.78 is 0.725. The Morgan fingerprint density at radius 1 is 1.29 bits per heavy atom. The van der Waals surface area contributed by atoms with Gasteiger partial charge in [0.15, 0.2) is 0 Å². The van der Waals surface area contributed by atoms with Gasteiger partial charge in [0.2, 0.25) is 11.8 Å². The molecule has 0 aliphatic heterocycles. The summed E-state index contributed by atoms with van der Waals surface area (Å²) in [6.07, 6.45) is 0. The predicted molar refractivity (Wildman–Crippen MR) is 88.0 cm³/mol. The molecule has 0 heterocycles. The van der Waals surface area contributed by atoms with Crippen LogP contribution in [0.25, 0.3) is 0 Å². The Labute approximate surface area is 133 Å². The van der Waals surface area contributed by atoms with Gasteiger partial charge in [-0.2, -0.15) is 0 Å². The van der Waals surface area contributed by atoms with Gasteiger partial charge in [0.25, 0.3) is 0 Å². The van der Waals surface area contributed by atoms with Crippen molar-refractivity contribution in [1.82, 2.24) is 9.80 Å². The number of anilines is 2. The molecule has 0 aromatic heterocycles. The first-order valence-electron chi connectivity index (χ1n) is 6.60. The molecule has 3 N–H and O–H groups in total. The summed E-state index contributed by atoms with van der Waals surface area (Å²) in [6.45, 7) is 2.91. The average Bonchev–Trinajstić information content (AvgIpc) is 2.40. The van der Waals surface area contributed by atoms with Gasteiger partial charge in [-0.15, -0.1) is 0 Å². The molecule has 2 amide bonds. The molecule has 0 spiro atoms. The molecule has 6 nitrogen and oxygen atoms in total. The minimum Gasteiger partial charge on any atom is -0.399 e. The van der Waals surface area contributed by atoms with E-state index in [-0.39, 0.29) is 24.9 Å². The lowest BCUT2D eigenvalue weighted by atomic mass is 10.3. The summed E-state index contributed by atoms with van der Waals surface area (Å²) in [5, 5.41) is 2.80. The standard InChI is InChI=1S/C14H21BrN4O2/c1-4-19(9-14(21)18(2)3)8-13(20)17-12-6-5-10(16)7-11(12)15/h5-7H,4,8-9,16H2,1-3H3,(H,17,20). The minimum absolute atomic E-state index is 0.0293. The van der Waals surface area contributed by atoms with Crippen LogP contribution < -0.4 is 11.1 Å². The number of nitrogens with one attached hydrogen (secondary N) is 1. The lowest BCUT2D eigenvalue weighted by Crippen LogP contribution is -2.40. The highest BCUT2D eigenvalue weighted by molar-refractivity contribution is 9.10. The zero-order valence-corrected chi connectivity index (χ0v) is 14.1. The van der Waals surface area contributed by atoms with Crippen molar-refractivity contribution in [3.8, 4) is 0 Å². The van der Waals surface area contributed by atoms with Crippen molar-refractivity contribution in [3.05, 3.63) is 22.7 Å². The van der Waals surface area contributed by atoms with Gasteiger partial charge in [-0.05, 0) is 40.7 Å². The number of hydrogen-bond acceptors (Lipinski definition) is 4. The van der Waals surface area contributed by atoms with Crippen molar-refractivity contribution < 1.29 is 9.59 Å². The molecule has 0 unspecified atom stereocenters. The highest BCUT2D eigenvalue weighted by atomic mass is 79.9. The number of halogens is 1. The van der Waals surface area contributed by atoms with Crippen molar-refractivity contribution >= 4 is 39.1 Å². The second-order valence-corrected chi connectivity index (χ2v) is 5.73.